The van der Waals surface area contributed by atoms with Crippen LogP contribution in [0.4, 0.5) is 0 Å². The van der Waals surface area contributed by atoms with Gasteiger partial charge in [0, 0.05) is 6.54 Å². The Kier molecular flexibility index (Phi) is 3.83. The Hall–Kier alpha value is -0.320. The van der Waals surface area contributed by atoms with Crippen LogP contribution in [0.5, 0.6) is 0 Å². The van der Waals surface area contributed by atoms with E-state index in [1.54, 1.807) is 0 Å². The lowest BCUT2D eigenvalue weighted by Crippen LogP contribution is -2.37. The molecule has 0 bridgehead atoms. The number of piperidine rings is 1. The fourth-order valence-corrected chi connectivity index (χ4v) is 2.50. The van der Waals surface area contributed by atoms with Crippen molar-refractivity contribution in [2.75, 3.05) is 19.6 Å². The summed E-state index contributed by atoms with van der Waals surface area (Å²) in [5.74, 6) is 0.978. The van der Waals surface area contributed by atoms with E-state index in [1.807, 2.05) is 12.1 Å². The maximum absolute atomic E-state index is 5.83. The molecule has 1 aliphatic heterocycles. The molecule has 84 valence electrons. The number of halogens is 1. The van der Waals surface area contributed by atoms with Gasteiger partial charge in [-0.25, -0.2) is 0 Å². The summed E-state index contributed by atoms with van der Waals surface area (Å²) in [5, 5.41) is 0. The van der Waals surface area contributed by atoms with Crippen molar-refractivity contribution in [2.45, 2.75) is 25.3 Å². The molecule has 2 heterocycles. The van der Waals surface area contributed by atoms with Crippen molar-refractivity contribution in [1.29, 1.82) is 0 Å². The normalized spacial score (nSPS) is 20.4. The van der Waals surface area contributed by atoms with E-state index >= 15 is 0 Å². The third-order valence-corrected chi connectivity index (χ3v) is 3.40. The zero-order valence-electron chi connectivity index (χ0n) is 8.79. The van der Waals surface area contributed by atoms with Crippen LogP contribution in [0.15, 0.2) is 21.2 Å². The summed E-state index contributed by atoms with van der Waals surface area (Å²) in [6.07, 6.45) is 3.90. The highest BCUT2D eigenvalue weighted by atomic mass is 79.9. The highest BCUT2D eigenvalue weighted by Crippen LogP contribution is 2.26. The predicted octanol–water partition coefficient (Wildman–Crippen LogP) is 2.53. The van der Waals surface area contributed by atoms with Gasteiger partial charge in [-0.1, -0.05) is 6.42 Å². The third-order valence-electron chi connectivity index (χ3n) is 2.98. The van der Waals surface area contributed by atoms with Gasteiger partial charge < -0.3 is 10.2 Å². The van der Waals surface area contributed by atoms with Crippen molar-refractivity contribution in [3.63, 3.8) is 0 Å². The molecule has 1 unspecified atom stereocenters. The zero-order chi connectivity index (χ0) is 10.7. The lowest BCUT2D eigenvalue weighted by atomic mass is 10.1. The van der Waals surface area contributed by atoms with Crippen LogP contribution >= 0.6 is 15.9 Å². The average molecular weight is 273 g/mol. The summed E-state index contributed by atoms with van der Waals surface area (Å²) < 4.78 is 6.37. The van der Waals surface area contributed by atoms with Gasteiger partial charge in [0.2, 0.25) is 0 Å². The molecule has 1 aromatic heterocycles. The molecule has 1 saturated heterocycles. The lowest BCUT2D eigenvalue weighted by molar-refractivity contribution is 0.149. The van der Waals surface area contributed by atoms with E-state index in [9.17, 15) is 0 Å². The maximum atomic E-state index is 5.83. The van der Waals surface area contributed by atoms with Gasteiger partial charge in [0.15, 0.2) is 4.67 Å². The minimum absolute atomic E-state index is 0.247. The summed E-state index contributed by atoms with van der Waals surface area (Å²) in [6.45, 7) is 2.90. The molecular formula is C11H17BrN2O. The van der Waals surface area contributed by atoms with Crippen molar-refractivity contribution in [2.24, 2.45) is 5.73 Å². The van der Waals surface area contributed by atoms with Crippen molar-refractivity contribution in [3.8, 4) is 0 Å². The second-order valence-electron chi connectivity index (χ2n) is 3.99. The Labute approximate surface area is 98.7 Å². The molecule has 1 aliphatic rings. The first-order valence-corrected chi connectivity index (χ1v) is 6.30. The van der Waals surface area contributed by atoms with E-state index in [2.05, 4.69) is 20.8 Å². The van der Waals surface area contributed by atoms with E-state index in [-0.39, 0.29) is 6.04 Å². The van der Waals surface area contributed by atoms with Gasteiger partial charge in [-0.2, -0.15) is 0 Å². The first kappa shape index (κ1) is 11.2. The Balaban J connectivity index is 2.08. The van der Waals surface area contributed by atoms with Gasteiger partial charge in [-0.05, 0) is 54.0 Å². The van der Waals surface area contributed by atoms with E-state index in [4.69, 9.17) is 10.2 Å². The Morgan fingerprint density at radius 2 is 2.07 bits per heavy atom. The SMILES string of the molecule is NCC(c1ccc(Br)o1)N1CCCCC1. The number of nitrogens with zero attached hydrogens (tertiary/aromatic N) is 1. The molecule has 3 nitrogen and oxygen atoms in total. The van der Waals surface area contributed by atoms with Gasteiger partial charge >= 0.3 is 0 Å². The number of nitrogens with two attached hydrogens (primary N) is 1. The average Bonchev–Trinajstić information content (AvgIpc) is 2.68. The highest BCUT2D eigenvalue weighted by Gasteiger charge is 2.23. The number of furan rings is 1. The summed E-state index contributed by atoms with van der Waals surface area (Å²) in [5.41, 5.74) is 5.83. The van der Waals surface area contributed by atoms with Crippen LogP contribution in [0.2, 0.25) is 0 Å². The third kappa shape index (κ3) is 2.62. The molecule has 0 radical (unpaired) electrons. The number of rotatable bonds is 3. The van der Waals surface area contributed by atoms with E-state index in [1.165, 1.54) is 19.3 Å². The van der Waals surface area contributed by atoms with Crippen molar-refractivity contribution < 1.29 is 4.42 Å². The van der Waals surface area contributed by atoms with Crippen LogP contribution in [-0.4, -0.2) is 24.5 Å². The first-order chi connectivity index (χ1) is 7.31. The molecule has 0 amide bonds. The monoisotopic (exact) mass is 272 g/mol. The molecular weight excluding hydrogens is 256 g/mol. The van der Waals surface area contributed by atoms with Gasteiger partial charge in [-0.3, -0.25) is 4.90 Å². The standard InChI is InChI=1S/C11H17BrN2O/c12-11-5-4-10(15-11)9(8-13)14-6-2-1-3-7-14/h4-5,9H,1-3,6-8,13H2. The van der Waals surface area contributed by atoms with Crippen LogP contribution in [0.25, 0.3) is 0 Å². The van der Waals surface area contributed by atoms with Gasteiger partial charge in [0.1, 0.15) is 5.76 Å². The molecule has 0 aromatic carbocycles. The van der Waals surface area contributed by atoms with Crippen LogP contribution in [-0.2, 0) is 0 Å². The Morgan fingerprint density at radius 3 is 2.60 bits per heavy atom. The lowest BCUT2D eigenvalue weighted by Gasteiger charge is -2.32. The van der Waals surface area contributed by atoms with Gasteiger partial charge in [-0.15, -0.1) is 0 Å². The molecule has 1 fully saturated rings. The number of hydrogen-bond donors (Lipinski definition) is 1. The fraction of sp³-hybridized carbons (Fsp3) is 0.636. The predicted molar refractivity (Wildman–Crippen MR) is 63.6 cm³/mol. The van der Waals surface area contributed by atoms with Crippen molar-refractivity contribution >= 4 is 15.9 Å². The smallest absolute Gasteiger partial charge is 0.169 e. The largest absolute Gasteiger partial charge is 0.453 e. The summed E-state index contributed by atoms with van der Waals surface area (Å²) >= 11 is 3.33. The summed E-state index contributed by atoms with van der Waals surface area (Å²) in [7, 11) is 0. The van der Waals surface area contributed by atoms with E-state index in [0.717, 1.165) is 23.5 Å². The maximum Gasteiger partial charge on any atom is 0.169 e. The number of hydrogen-bond acceptors (Lipinski definition) is 3. The fourth-order valence-electron chi connectivity index (χ4n) is 2.18. The Bertz CT molecular complexity index is 307. The van der Waals surface area contributed by atoms with E-state index < -0.39 is 0 Å². The second-order valence-corrected chi connectivity index (χ2v) is 4.77. The summed E-state index contributed by atoms with van der Waals surface area (Å²) in [6, 6.07) is 4.19. The van der Waals surface area contributed by atoms with Crippen LogP contribution in [0.1, 0.15) is 31.1 Å². The second kappa shape index (κ2) is 5.14. The minimum atomic E-state index is 0.247. The summed E-state index contributed by atoms with van der Waals surface area (Å²) in [4.78, 5) is 2.43. The first-order valence-electron chi connectivity index (χ1n) is 5.50. The molecule has 1 aromatic rings. The van der Waals surface area contributed by atoms with E-state index in [0.29, 0.717) is 6.54 Å². The highest BCUT2D eigenvalue weighted by molar-refractivity contribution is 9.10. The molecule has 0 aliphatic carbocycles. The zero-order valence-corrected chi connectivity index (χ0v) is 10.4. The Morgan fingerprint density at radius 1 is 1.33 bits per heavy atom. The number of likely N-dealkylation sites (tertiary alicyclic amines) is 1. The van der Waals surface area contributed by atoms with Crippen LogP contribution in [0.3, 0.4) is 0 Å². The molecule has 1 atom stereocenters. The molecule has 2 N–H and O–H groups in total. The topological polar surface area (TPSA) is 42.4 Å². The minimum Gasteiger partial charge on any atom is -0.453 e. The molecule has 15 heavy (non-hydrogen) atoms. The molecule has 0 spiro atoms. The van der Waals surface area contributed by atoms with Crippen molar-refractivity contribution in [1.82, 2.24) is 4.90 Å². The van der Waals surface area contributed by atoms with Crippen molar-refractivity contribution in [3.05, 3.63) is 22.6 Å². The molecule has 4 heteroatoms. The quantitative estimate of drug-likeness (QED) is 0.920. The molecule has 2 rings (SSSR count). The van der Waals surface area contributed by atoms with Crippen LogP contribution < -0.4 is 5.73 Å². The van der Waals surface area contributed by atoms with Gasteiger partial charge in [0.05, 0.1) is 6.04 Å². The van der Waals surface area contributed by atoms with Gasteiger partial charge in [0.25, 0.3) is 0 Å². The van der Waals surface area contributed by atoms with Crippen LogP contribution in [0, 0.1) is 0 Å². The molecule has 0 saturated carbocycles.